The maximum Gasteiger partial charge on any atom is 0.0299 e. The van der Waals surface area contributed by atoms with Crippen LogP contribution in [0.15, 0.2) is 48.8 Å². The van der Waals surface area contributed by atoms with Crippen molar-refractivity contribution in [2.24, 2.45) is 0 Å². The molecule has 68 valence electrons. The first-order chi connectivity index (χ1) is 6.43. The van der Waals surface area contributed by atoms with E-state index in [4.69, 9.17) is 0 Å². The van der Waals surface area contributed by atoms with E-state index >= 15 is 0 Å². The Labute approximate surface area is 79.8 Å². The standard InChI is InChI=1S/C12H15N/c1-2-8-12-9-6-4-3-5-7-10-13-11-12/h3-7,9-11H,2,8H2,1H3. The molecule has 0 spiro atoms. The van der Waals surface area contributed by atoms with Crippen molar-refractivity contribution in [3.05, 3.63) is 54.4 Å². The Balaban J connectivity index is 2.97. The number of aromatic nitrogens is 1. The van der Waals surface area contributed by atoms with Gasteiger partial charge in [-0.15, -0.1) is 0 Å². The van der Waals surface area contributed by atoms with Gasteiger partial charge in [-0.05, 0) is 18.1 Å². The molecule has 0 aromatic carbocycles. The van der Waals surface area contributed by atoms with Crippen molar-refractivity contribution in [3.8, 4) is 0 Å². The van der Waals surface area contributed by atoms with Crippen molar-refractivity contribution >= 4 is 0 Å². The molecule has 1 aromatic rings. The third kappa shape index (κ3) is 4.26. The van der Waals surface area contributed by atoms with E-state index in [1.807, 2.05) is 36.5 Å². The molecule has 0 atom stereocenters. The number of nitrogens with zero attached hydrogens (tertiary/aromatic N) is 1. The summed E-state index contributed by atoms with van der Waals surface area (Å²) in [7, 11) is 0. The highest BCUT2D eigenvalue weighted by Gasteiger charge is 1.83. The Morgan fingerprint density at radius 1 is 1.08 bits per heavy atom. The fraction of sp³-hybridized carbons (Fsp3) is 0.250. The summed E-state index contributed by atoms with van der Waals surface area (Å²) in [6, 6.07) is 12.1. The van der Waals surface area contributed by atoms with Gasteiger partial charge in [0.2, 0.25) is 0 Å². The normalized spacial score (nSPS) is 9.00. The first-order valence-electron chi connectivity index (χ1n) is 4.65. The average Bonchev–Trinajstić information content (AvgIpc) is 2.16. The minimum absolute atomic E-state index is 1.09. The van der Waals surface area contributed by atoms with Crippen LogP contribution in [0.4, 0.5) is 0 Å². The van der Waals surface area contributed by atoms with E-state index < -0.39 is 0 Å². The van der Waals surface area contributed by atoms with Crippen LogP contribution in [-0.2, 0) is 6.42 Å². The molecule has 0 aliphatic heterocycles. The van der Waals surface area contributed by atoms with Gasteiger partial charge in [-0.2, -0.15) is 0 Å². The van der Waals surface area contributed by atoms with Gasteiger partial charge in [-0.25, -0.2) is 0 Å². The van der Waals surface area contributed by atoms with Crippen molar-refractivity contribution in [2.75, 3.05) is 0 Å². The third-order valence-electron chi connectivity index (χ3n) is 1.71. The third-order valence-corrected chi connectivity index (χ3v) is 1.71. The summed E-state index contributed by atoms with van der Waals surface area (Å²) < 4.78 is 0. The molecule has 0 radical (unpaired) electrons. The smallest absolute Gasteiger partial charge is 0.0299 e. The molecule has 0 fully saturated rings. The molecule has 1 heterocycles. The van der Waals surface area contributed by atoms with Crippen LogP contribution in [0.25, 0.3) is 0 Å². The van der Waals surface area contributed by atoms with E-state index in [-0.39, 0.29) is 0 Å². The molecule has 13 heavy (non-hydrogen) atoms. The van der Waals surface area contributed by atoms with Gasteiger partial charge < -0.3 is 0 Å². The quantitative estimate of drug-likeness (QED) is 0.669. The summed E-state index contributed by atoms with van der Waals surface area (Å²) in [6.45, 7) is 2.17. The highest BCUT2D eigenvalue weighted by atomic mass is 14.6. The Morgan fingerprint density at radius 2 is 1.85 bits per heavy atom. The van der Waals surface area contributed by atoms with Gasteiger partial charge in [0.1, 0.15) is 0 Å². The van der Waals surface area contributed by atoms with Gasteiger partial charge in [0.25, 0.3) is 0 Å². The monoisotopic (exact) mass is 173 g/mol. The SMILES string of the molecule is CCCc1cccccccnc1. The summed E-state index contributed by atoms with van der Waals surface area (Å²) in [5.74, 6) is 0. The predicted molar refractivity (Wildman–Crippen MR) is 55.9 cm³/mol. The van der Waals surface area contributed by atoms with Crippen LogP contribution in [0.3, 0.4) is 0 Å². The van der Waals surface area contributed by atoms with E-state index in [9.17, 15) is 0 Å². The Hall–Kier alpha value is -1.37. The molecule has 1 rings (SSSR count). The van der Waals surface area contributed by atoms with E-state index in [1.54, 1.807) is 6.20 Å². The van der Waals surface area contributed by atoms with Gasteiger partial charge >= 0.3 is 0 Å². The van der Waals surface area contributed by atoms with Crippen molar-refractivity contribution in [1.29, 1.82) is 0 Å². The first kappa shape index (κ1) is 9.72. The van der Waals surface area contributed by atoms with Crippen LogP contribution in [0.2, 0.25) is 0 Å². The van der Waals surface area contributed by atoms with Crippen LogP contribution < -0.4 is 0 Å². The molecular weight excluding hydrogens is 158 g/mol. The Morgan fingerprint density at radius 3 is 2.69 bits per heavy atom. The lowest BCUT2D eigenvalue weighted by atomic mass is 10.2. The summed E-state index contributed by atoms with van der Waals surface area (Å²) in [5, 5.41) is 0. The fourth-order valence-corrected chi connectivity index (χ4v) is 1.09. The summed E-state index contributed by atoms with van der Waals surface area (Å²) in [4.78, 5) is 4.17. The van der Waals surface area contributed by atoms with Crippen molar-refractivity contribution < 1.29 is 0 Å². The highest BCUT2D eigenvalue weighted by Crippen LogP contribution is 1.96. The molecule has 0 aliphatic rings. The molecule has 0 amide bonds. The number of rotatable bonds is 2. The maximum absolute atomic E-state index is 4.17. The molecule has 1 nitrogen and oxygen atoms in total. The van der Waals surface area contributed by atoms with Crippen LogP contribution in [0, 0.1) is 0 Å². The second kappa shape index (κ2) is 6.18. The van der Waals surface area contributed by atoms with Gasteiger partial charge in [-0.1, -0.05) is 43.7 Å². The number of hydrogen-bond donors (Lipinski definition) is 0. The molecule has 0 bridgehead atoms. The zero-order valence-corrected chi connectivity index (χ0v) is 7.98. The molecular formula is C12H15N. The van der Waals surface area contributed by atoms with Crippen LogP contribution in [-0.4, -0.2) is 4.98 Å². The molecule has 0 N–H and O–H groups in total. The molecule has 0 aliphatic carbocycles. The molecule has 1 heteroatoms. The lowest BCUT2D eigenvalue weighted by Gasteiger charge is -1.91. The minimum atomic E-state index is 1.09. The zero-order valence-electron chi connectivity index (χ0n) is 7.98. The number of aryl methyl sites for hydroxylation is 1. The van der Waals surface area contributed by atoms with Crippen molar-refractivity contribution in [1.82, 2.24) is 4.98 Å². The maximum atomic E-state index is 4.17. The van der Waals surface area contributed by atoms with E-state index in [1.165, 1.54) is 5.56 Å². The van der Waals surface area contributed by atoms with E-state index in [0.29, 0.717) is 0 Å². The molecule has 0 unspecified atom stereocenters. The Bertz CT molecular complexity index is 268. The lowest BCUT2D eigenvalue weighted by Crippen LogP contribution is -1.79. The second-order valence-corrected chi connectivity index (χ2v) is 2.88. The van der Waals surface area contributed by atoms with E-state index in [0.717, 1.165) is 12.8 Å². The van der Waals surface area contributed by atoms with E-state index in [2.05, 4.69) is 18.0 Å². The van der Waals surface area contributed by atoms with Crippen molar-refractivity contribution in [3.63, 3.8) is 0 Å². The van der Waals surface area contributed by atoms with Gasteiger partial charge in [0.05, 0.1) is 0 Å². The largest absolute Gasteiger partial charge is 0.264 e. The second-order valence-electron chi connectivity index (χ2n) is 2.88. The number of hydrogen-bond acceptors (Lipinski definition) is 1. The summed E-state index contributed by atoms with van der Waals surface area (Å²) >= 11 is 0. The minimum Gasteiger partial charge on any atom is -0.264 e. The van der Waals surface area contributed by atoms with Crippen LogP contribution in [0.5, 0.6) is 0 Å². The zero-order chi connectivity index (χ0) is 9.36. The Kier molecular flexibility index (Phi) is 4.62. The van der Waals surface area contributed by atoms with Crippen LogP contribution in [0.1, 0.15) is 18.9 Å². The van der Waals surface area contributed by atoms with Crippen LogP contribution >= 0.6 is 0 Å². The first-order valence-corrected chi connectivity index (χ1v) is 4.65. The van der Waals surface area contributed by atoms with Gasteiger partial charge in [-0.3, -0.25) is 4.98 Å². The van der Waals surface area contributed by atoms with Gasteiger partial charge in [0, 0.05) is 12.4 Å². The predicted octanol–water partition coefficient (Wildman–Crippen LogP) is 3.16. The highest BCUT2D eigenvalue weighted by molar-refractivity contribution is 5.07. The summed E-state index contributed by atoms with van der Waals surface area (Å²) in [5.41, 5.74) is 1.28. The van der Waals surface area contributed by atoms with Crippen molar-refractivity contribution in [2.45, 2.75) is 19.8 Å². The molecule has 0 saturated carbocycles. The average molecular weight is 173 g/mol. The van der Waals surface area contributed by atoms with Gasteiger partial charge in [0.15, 0.2) is 0 Å². The summed E-state index contributed by atoms with van der Waals surface area (Å²) in [6.07, 6.45) is 5.97. The topological polar surface area (TPSA) is 12.9 Å². The molecule has 0 saturated heterocycles. The molecule has 1 aromatic heterocycles. The fourth-order valence-electron chi connectivity index (χ4n) is 1.09. The lowest BCUT2D eigenvalue weighted by molar-refractivity contribution is 0.917.